The molecule has 0 amide bonds. The lowest BCUT2D eigenvalue weighted by Crippen LogP contribution is -2.22. The van der Waals surface area contributed by atoms with Gasteiger partial charge >= 0.3 is 5.97 Å². The lowest BCUT2D eigenvalue weighted by Gasteiger charge is -2.23. The number of rotatable bonds is 3. The first-order valence-electron chi connectivity index (χ1n) is 8.70. The highest BCUT2D eigenvalue weighted by Crippen LogP contribution is 2.46. The monoisotopic (exact) mass is 306 g/mol. The van der Waals surface area contributed by atoms with Crippen LogP contribution in [0.3, 0.4) is 0 Å². The summed E-state index contributed by atoms with van der Waals surface area (Å²) in [6.07, 6.45) is 6.30. The maximum absolute atomic E-state index is 12.5. The molecular formula is C21H22O2. The fourth-order valence-electron chi connectivity index (χ4n) is 4.06. The molecule has 0 saturated heterocycles. The molecule has 2 nitrogen and oxygen atoms in total. The number of carbonyl (C=O) groups is 1. The van der Waals surface area contributed by atoms with Gasteiger partial charge in [0, 0.05) is 5.92 Å². The van der Waals surface area contributed by atoms with E-state index >= 15 is 0 Å². The van der Waals surface area contributed by atoms with Crippen LogP contribution in [-0.4, -0.2) is 12.1 Å². The third kappa shape index (κ3) is 2.78. The molecule has 0 unspecified atom stereocenters. The van der Waals surface area contributed by atoms with E-state index in [-0.39, 0.29) is 18.0 Å². The molecule has 118 valence electrons. The van der Waals surface area contributed by atoms with Gasteiger partial charge in [-0.25, -0.2) is 0 Å². The second-order valence-corrected chi connectivity index (χ2v) is 6.68. The molecule has 1 saturated carbocycles. The summed E-state index contributed by atoms with van der Waals surface area (Å²) in [5.74, 6) is 0.0897. The van der Waals surface area contributed by atoms with Crippen LogP contribution < -0.4 is 0 Å². The largest absolute Gasteiger partial charge is 0.462 e. The second kappa shape index (κ2) is 6.19. The molecule has 2 aromatic carbocycles. The number of hydrogen-bond acceptors (Lipinski definition) is 2. The zero-order chi connectivity index (χ0) is 15.6. The first-order chi connectivity index (χ1) is 11.3. The van der Waals surface area contributed by atoms with E-state index in [9.17, 15) is 4.79 Å². The first kappa shape index (κ1) is 14.5. The molecule has 0 spiro atoms. The van der Waals surface area contributed by atoms with E-state index in [2.05, 4.69) is 48.5 Å². The Bertz CT molecular complexity index is 668. The molecule has 23 heavy (non-hydrogen) atoms. The van der Waals surface area contributed by atoms with Crippen LogP contribution in [0.25, 0.3) is 11.1 Å². The number of benzene rings is 2. The van der Waals surface area contributed by atoms with Gasteiger partial charge in [0.25, 0.3) is 0 Å². The second-order valence-electron chi connectivity index (χ2n) is 6.68. The number of ether oxygens (including phenoxy) is 1. The van der Waals surface area contributed by atoms with Crippen LogP contribution in [0.1, 0.15) is 55.6 Å². The Balaban J connectivity index is 1.55. The number of carbonyl (C=O) groups excluding carboxylic acids is 1. The third-order valence-electron chi connectivity index (χ3n) is 5.18. The molecule has 1 fully saturated rings. The van der Waals surface area contributed by atoms with Gasteiger partial charge in [0.05, 0.1) is 6.42 Å². The lowest BCUT2D eigenvalue weighted by atomic mass is 9.93. The summed E-state index contributed by atoms with van der Waals surface area (Å²) in [5, 5.41) is 0. The van der Waals surface area contributed by atoms with E-state index in [4.69, 9.17) is 4.74 Å². The summed E-state index contributed by atoms with van der Waals surface area (Å²) in [7, 11) is 0. The molecule has 2 heteroatoms. The minimum Gasteiger partial charge on any atom is -0.462 e. The van der Waals surface area contributed by atoms with Crippen LogP contribution in [0.2, 0.25) is 0 Å². The maximum atomic E-state index is 12.5. The number of esters is 1. The Hall–Kier alpha value is -2.09. The molecule has 2 aliphatic rings. The van der Waals surface area contributed by atoms with Crippen LogP contribution in [0.4, 0.5) is 0 Å². The van der Waals surface area contributed by atoms with Crippen LogP contribution in [0.5, 0.6) is 0 Å². The summed E-state index contributed by atoms with van der Waals surface area (Å²) in [5.41, 5.74) is 5.04. The van der Waals surface area contributed by atoms with Crippen molar-refractivity contribution in [3.8, 4) is 11.1 Å². The normalized spacial score (nSPS) is 17.6. The molecule has 4 rings (SSSR count). The molecule has 0 radical (unpaired) electrons. The van der Waals surface area contributed by atoms with Gasteiger partial charge in [-0.15, -0.1) is 0 Å². The molecule has 0 bridgehead atoms. The van der Waals surface area contributed by atoms with Crippen molar-refractivity contribution < 1.29 is 9.53 Å². The van der Waals surface area contributed by atoms with E-state index in [1.807, 2.05) is 0 Å². The van der Waals surface area contributed by atoms with E-state index < -0.39 is 0 Å². The van der Waals surface area contributed by atoms with Crippen LogP contribution >= 0.6 is 0 Å². The Kier molecular flexibility index (Phi) is 3.90. The Labute approximate surface area is 137 Å². The molecule has 0 aliphatic heterocycles. The van der Waals surface area contributed by atoms with Gasteiger partial charge in [-0.3, -0.25) is 4.79 Å². The number of fused-ring (bicyclic) bond motifs is 3. The number of hydrogen-bond donors (Lipinski definition) is 0. The highest BCUT2D eigenvalue weighted by atomic mass is 16.5. The summed E-state index contributed by atoms with van der Waals surface area (Å²) in [6, 6.07) is 16.9. The summed E-state index contributed by atoms with van der Waals surface area (Å²) in [6.45, 7) is 0. The average molecular weight is 306 g/mol. The fraction of sp³-hybridized carbons (Fsp3) is 0.381. The zero-order valence-electron chi connectivity index (χ0n) is 13.3. The van der Waals surface area contributed by atoms with E-state index in [1.54, 1.807) is 0 Å². The van der Waals surface area contributed by atoms with Crippen molar-refractivity contribution in [2.45, 2.75) is 50.5 Å². The van der Waals surface area contributed by atoms with Crippen LogP contribution in [0.15, 0.2) is 48.5 Å². The molecule has 0 N–H and O–H groups in total. The predicted octanol–water partition coefficient (Wildman–Crippen LogP) is 5.06. The summed E-state index contributed by atoms with van der Waals surface area (Å²) >= 11 is 0. The maximum Gasteiger partial charge on any atom is 0.307 e. The smallest absolute Gasteiger partial charge is 0.307 e. The van der Waals surface area contributed by atoms with Crippen molar-refractivity contribution in [1.82, 2.24) is 0 Å². The van der Waals surface area contributed by atoms with Crippen molar-refractivity contribution in [2.75, 3.05) is 0 Å². The Morgan fingerprint density at radius 1 is 0.870 bits per heavy atom. The topological polar surface area (TPSA) is 26.3 Å². The molecule has 0 heterocycles. The van der Waals surface area contributed by atoms with Crippen molar-refractivity contribution >= 4 is 5.97 Å². The Morgan fingerprint density at radius 2 is 1.43 bits per heavy atom. The van der Waals surface area contributed by atoms with Gasteiger partial charge in [-0.1, -0.05) is 55.0 Å². The lowest BCUT2D eigenvalue weighted by molar-refractivity contribution is -0.150. The van der Waals surface area contributed by atoms with Gasteiger partial charge in [-0.05, 0) is 47.9 Å². The third-order valence-corrected chi connectivity index (χ3v) is 5.18. The highest BCUT2D eigenvalue weighted by Gasteiger charge is 2.30. The van der Waals surface area contributed by atoms with E-state index in [1.165, 1.54) is 41.5 Å². The van der Waals surface area contributed by atoms with Gasteiger partial charge in [0.1, 0.15) is 6.10 Å². The quantitative estimate of drug-likeness (QED) is 0.740. The Morgan fingerprint density at radius 3 is 2.04 bits per heavy atom. The van der Waals surface area contributed by atoms with E-state index in [0.29, 0.717) is 6.42 Å². The molecule has 0 atom stereocenters. The van der Waals surface area contributed by atoms with Crippen molar-refractivity contribution in [3.63, 3.8) is 0 Å². The minimum atomic E-state index is -0.0478. The first-order valence-corrected chi connectivity index (χ1v) is 8.70. The standard InChI is InChI=1S/C21H22O2/c22-21(23-15-8-2-1-3-9-15)14-20-18-12-6-4-10-16(18)17-11-5-7-13-19(17)20/h4-7,10-13,15,20H,1-3,8-9,14H2. The van der Waals surface area contributed by atoms with Crippen LogP contribution in [0, 0.1) is 0 Å². The van der Waals surface area contributed by atoms with Gasteiger partial charge in [0.2, 0.25) is 0 Å². The van der Waals surface area contributed by atoms with Gasteiger partial charge in [-0.2, -0.15) is 0 Å². The molecule has 2 aliphatic carbocycles. The van der Waals surface area contributed by atoms with Gasteiger partial charge in [0.15, 0.2) is 0 Å². The zero-order valence-corrected chi connectivity index (χ0v) is 13.3. The predicted molar refractivity (Wildman–Crippen MR) is 91.3 cm³/mol. The van der Waals surface area contributed by atoms with E-state index in [0.717, 1.165) is 12.8 Å². The van der Waals surface area contributed by atoms with Crippen molar-refractivity contribution in [1.29, 1.82) is 0 Å². The molecule has 0 aromatic heterocycles. The molecule has 2 aromatic rings. The summed E-state index contributed by atoms with van der Waals surface area (Å²) < 4.78 is 5.74. The molecular weight excluding hydrogens is 284 g/mol. The minimum absolute atomic E-state index is 0.0478. The highest BCUT2D eigenvalue weighted by molar-refractivity contribution is 5.82. The van der Waals surface area contributed by atoms with Crippen molar-refractivity contribution in [3.05, 3.63) is 59.7 Å². The fourth-order valence-corrected chi connectivity index (χ4v) is 4.06. The van der Waals surface area contributed by atoms with Crippen molar-refractivity contribution in [2.24, 2.45) is 0 Å². The SMILES string of the molecule is O=C(CC1c2ccccc2-c2ccccc21)OC1CCCCC1. The van der Waals surface area contributed by atoms with Gasteiger partial charge < -0.3 is 4.74 Å². The average Bonchev–Trinajstić information content (AvgIpc) is 2.90. The summed E-state index contributed by atoms with van der Waals surface area (Å²) in [4.78, 5) is 12.5. The van der Waals surface area contributed by atoms with Crippen LogP contribution in [-0.2, 0) is 9.53 Å².